The van der Waals surface area contributed by atoms with Crippen molar-refractivity contribution in [2.45, 2.75) is 0 Å². The van der Waals surface area contributed by atoms with E-state index in [0.29, 0.717) is 29.0 Å². The maximum absolute atomic E-state index is 11.8. The van der Waals surface area contributed by atoms with Crippen LogP contribution in [0, 0.1) is 0 Å². The van der Waals surface area contributed by atoms with Crippen LogP contribution in [0.1, 0.15) is 10.5 Å². The number of nitrogens with one attached hydrogen (secondary N) is 1. The van der Waals surface area contributed by atoms with Crippen molar-refractivity contribution in [1.82, 2.24) is 19.9 Å². The van der Waals surface area contributed by atoms with Crippen LogP contribution < -0.4 is 5.32 Å². The zero-order valence-electron chi connectivity index (χ0n) is 9.18. The predicted molar refractivity (Wildman–Crippen MR) is 64.9 cm³/mol. The summed E-state index contributed by atoms with van der Waals surface area (Å²) in [6, 6.07) is 1.75. The van der Waals surface area contributed by atoms with Crippen molar-refractivity contribution in [2.24, 2.45) is 0 Å². The maximum Gasteiger partial charge on any atom is 0.273 e. The zero-order chi connectivity index (χ0) is 12.3. The fourth-order valence-corrected chi connectivity index (χ4v) is 1.90. The Morgan fingerprint density at radius 2 is 2.47 bits per heavy atom. The molecule has 0 radical (unpaired) electrons. The topological polar surface area (TPSA) is 68.5 Å². The van der Waals surface area contributed by atoms with Crippen LogP contribution in [0.3, 0.4) is 0 Å². The Bertz CT molecular complexity index is 540. The second kappa shape index (κ2) is 5.24. The highest BCUT2D eigenvalue weighted by Crippen LogP contribution is 2.20. The molecule has 7 heteroatoms. The second-order valence-electron chi connectivity index (χ2n) is 3.30. The van der Waals surface area contributed by atoms with Gasteiger partial charge in [-0.2, -0.15) is 5.10 Å². The number of carbonyl (C=O) groups excluding carboxylic acids is 1. The van der Waals surface area contributed by atoms with Crippen LogP contribution >= 0.6 is 15.9 Å². The van der Waals surface area contributed by atoms with Crippen LogP contribution in [-0.4, -0.2) is 40.8 Å². The number of aromatic nitrogens is 3. The quantitative estimate of drug-likeness (QED) is 0.851. The van der Waals surface area contributed by atoms with Crippen molar-refractivity contribution >= 4 is 27.5 Å². The lowest BCUT2D eigenvalue weighted by Crippen LogP contribution is -2.27. The summed E-state index contributed by atoms with van der Waals surface area (Å²) in [6.07, 6.45) is 3.38. The minimum atomic E-state index is -0.251. The molecule has 2 rings (SSSR count). The van der Waals surface area contributed by atoms with Crippen LogP contribution in [0.25, 0.3) is 5.65 Å². The van der Waals surface area contributed by atoms with Crippen molar-refractivity contribution in [3.05, 3.63) is 28.6 Å². The fraction of sp³-hybridized carbons (Fsp3) is 0.300. The molecule has 0 aliphatic rings. The number of hydrogen-bond donors (Lipinski definition) is 1. The lowest BCUT2D eigenvalue weighted by atomic mass is 10.4. The Balaban J connectivity index is 2.23. The first-order valence-corrected chi connectivity index (χ1v) is 5.79. The molecule has 0 atom stereocenters. The molecule has 2 aromatic rings. The van der Waals surface area contributed by atoms with Gasteiger partial charge in [-0.15, -0.1) is 0 Å². The molecule has 2 heterocycles. The number of nitrogens with zero attached hydrogens (tertiary/aromatic N) is 3. The van der Waals surface area contributed by atoms with E-state index in [9.17, 15) is 4.79 Å². The van der Waals surface area contributed by atoms with E-state index in [4.69, 9.17) is 4.74 Å². The Labute approximate surface area is 106 Å². The third kappa shape index (κ3) is 2.45. The number of methoxy groups -OCH3 is 1. The first-order chi connectivity index (χ1) is 8.24. The largest absolute Gasteiger partial charge is 0.383 e. The summed E-state index contributed by atoms with van der Waals surface area (Å²) < 4.78 is 6.99. The SMILES string of the molecule is COCCNC(=O)c1nn2cccnc2c1Br. The Kier molecular flexibility index (Phi) is 3.70. The molecule has 0 spiro atoms. The normalized spacial score (nSPS) is 10.7. The number of halogens is 1. The highest BCUT2D eigenvalue weighted by molar-refractivity contribution is 9.10. The molecule has 0 unspecified atom stereocenters. The van der Waals surface area contributed by atoms with Gasteiger partial charge in [0, 0.05) is 26.0 Å². The average molecular weight is 299 g/mol. The predicted octanol–water partition coefficient (Wildman–Crippen LogP) is 0.868. The minimum Gasteiger partial charge on any atom is -0.383 e. The van der Waals surface area contributed by atoms with Gasteiger partial charge in [-0.05, 0) is 22.0 Å². The smallest absolute Gasteiger partial charge is 0.273 e. The number of amides is 1. The standard InChI is InChI=1S/C10H11BrN4O2/c1-17-6-4-13-10(16)8-7(11)9-12-3-2-5-15(9)14-8/h2-3,5H,4,6H2,1H3,(H,13,16). The van der Waals surface area contributed by atoms with E-state index in [1.807, 2.05) is 0 Å². The van der Waals surface area contributed by atoms with Gasteiger partial charge in [0.05, 0.1) is 11.1 Å². The van der Waals surface area contributed by atoms with Gasteiger partial charge in [-0.25, -0.2) is 9.50 Å². The van der Waals surface area contributed by atoms with Crippen LogP contribution in [0.15, 0.2) is 22.9 Å². The van der Waals surface area contributed by atoms with E-state index in [1.165, 1.54) is 0 Å². The summed E-state index contributed by atoms with van der Waals surface area (Å²) in [5, 5.41) is 6.85. The first kappa shape index (κ1) is 12.0. The van der Waals surface area contributed by atoms with Crippen LogP contribution in [0.5, 0.6) is 0 Å². The highest BCUT2D eigenvalue weighted by atomic mass is 79.9. The lowest BCUT2D eigenvalue weighted by Gasteiger charge is -2.01. The molecular formula is C10H11BrN4O2. The summed E-state index contributed by atoms with van der Waals surface area (Å²) >= 11 is 3.32. The number of ether oxygens (including phenoxy) is 1. The number of rotatable bonds is 4. The molecular weight excluding hydrogens is 288 g/mol. The zero-order valence-corrected chi connectivity index (χ0v) is 10.8. The fourth-order valence-electron chi connectivity index (χ4n) is 1.35. The van der Waals surface area contributed by atoms with E-state index in [2.05, 4.69) is 31.3 Å². The summed E-state index contributed by atoms with van der Waals surface area (Å²) in [5.74, 6) is -0.251. The van der Waals surface area contributed by atoms with Crippen LogP contribution in [0.2, 0.25) is 0 Å². The van der Waals surface area contributed by atoms with Crippen molar-refractivity contribution in [2.75, 3.05) is 20.3 Å². The van der Waals surface area contributed by atoms with Gasteiger partial charge in [0.15, 0.2) is 11.3 Å². The Hall–Kier alpha value is -1.47. The molecule has 17 heavy (non-hydrogen) atoms. The van der Waals surface area contributed by atoms with E-state index in [-0.39, 0.29) is 5.91 Å². The Morgan fingerprint density at radius 3 is 3.18 bits per heavy atom. The van der Waals surface area contributed by atoms with Gasteiger partial charge < -0.3 is 10.1 Å². The van der Waals surface area contributed by atoms with Gasteiger partial charge in [-0.1, -0.05) is 0 Å². The molecule has 0 fully saturated rings. The molecule has 90 valence electrons. The summed E-state index contributed by atoms with van der Waals surface area (Å²) in [5.41, 5.74) is 0.934. The summed E-state index contributed by atoms with van der Waals surface area (Å²) in [7, 11) is 1.58. The van der Waals surface area contributed by atoms with Gasteiger partial charge in [0.1, 0.15) is 0 Å². The van der Waals surface area contributed by atoms with E-state index < -0.39 is 0 Å². The monoisotopic (exact) mass is 298 g/mol. The molecule has 0 saturated heterocycles. The molecule has 1 amide bonds. The van der Waals surface area contributed by atoms with Gasteiger partial charge in [0.25, 0.3) is 5.91 Å². The van der Waals surface area contributed by atoms with Gasteiger partial charge in [0.2, 0.25) is 0 Å². The van der Waals surface area contributed by atoms with E-state index >= 15 is 0 Å². The summed E-state index contributed by atoms with van der Waals surface area (Å²) in [4.78, 5) is 15.9. The average Bonchev–Trinajstić information content (AvgIpc) is 2.68. The first-order valence-electron chi connectivity index (χ1n) is 5.00. The van der Waals surface area contributed by atoms with Crippen LogP contribution in [0.4, 0.5) is 0 Å². The third-order valence-corrected chi connectivity index (χ3v) is 2.88. The van der Waals surface area contributed by atoms with Crippen molar-refractivity contribution in [3.8, 4) is 0 Å². The molecule has 0 aliphatic carbocycles. The number of fused-ring (bicyclic) bond motifs is 1. The van der Waals surface area contributed by atoms with E-state index in [1.54, 1.807) is 30.1 Å². The van der Waals surface area contributed by atoms with Crippen molar-refractivity contribution in [1.29, 1.82) is 0 Å². The molecule has 1 N–H and O–H groups in total. The van der Waals surface area contributed by atoms with Gasteiger partial charge in [-0.3, -0.25) is 4.79 Å². The molecule has 6 nitrogen and oxygen atoms in total. The van der Waals surface area contributed by atoms with Crippen molar-refractivity contribution < 1.29 is 9.53 Å². The molecule has 0 saturated carbocycles. The van der Waals surface area contributed by atoms with Crippen molar-refractivity contribution in [3.63, 3.8) is 0 Å². The molecule has 0 aliphatic heterocycles. The lowest BCUT2D eigenvalue weighted by molar-refractivity contribution is 0.0931. The minimum absolute atomic E-state index is 0.251. The number of hydrogen-bond acceptors (Lipinski definition) is 4. The van der Waals surface area contributed by atoms with E-state index in [0.717, 1.165) is 0 Å². The third-order valence-electron chi connectivity index (χ3n) is 2.15. The maximum atomic E-state index is 11.8. The molecule has 2 aromatic heterocycles. The molecule has 0 aromatic carbocycles. The second-order valence-corrected chi connectivity index (χ2v) is 4.09. The number of carbonyl (C=O) groups is 1. The van der Waals surface area contributed by atoms with Gasteiger partial charge >= 0.3 is 0 Å². The Morgan fingerprint density at radius 1 is 1.65 bits per heavy atom. The molecule has 0 bridgehead atoms. The van der Waals surface area contributed by atoms with Crippen LogP contribution in [-0.2, 0) is 4.74 Å². The highest BCUT2D eigenvalue weighted by Gasteiger charge is 2.17. The summed E-state index contributed by atoms with van der Waals surface area (Å²) in [6.45, 7) is 0.915.